The molecule has 2 amide bonds. The summed E-state index contributed by atoms with van der Waals surface area (Å²) in [4.78, 5) is 31.4. The van der Waals surface area contributed by atoms with Gasteiger partial charge in [0.25, 0.3) is 5.91 Å². The fourth-order valence-electron chi connectivity index (χ4n) is 3.88. The fraction of sp³-hybridized carbons (Fsp3) is 0.318. The largest absolute Gasteiger partial charge is 0.459 e. The van der Waals surface area contributed by atoms with Crippen LogP contribution in [0.3, 0.4) is 0 Å². The first-order chi connectivity index (χ1) is 14.0. The Labute approximate surface area is 173 Å². The maximum atomic E-state index is 13.0. The molecule has 0 saturated carbocycles. The maximum Gasteiger partial charge on any atom is 0.293 e. The van der Waals surface area contributed by atoms with E-state index < -0.39 is 0 Å². The Morgan fingerprint density at radius 1 is 1.28 bits per heavy atom. The van der Waals surface area contributed by atoms with E-state index in [9.17, 15) is 9.59 Å². The normalized spacial score (nSPS) is 16.2. The van der Waals surface area contributed by atoms with E-state index in [1.54, 1.807) is 12.1 Å². The van der Waals surface area contributed by atoms with Gasteiger partial charge < -0.3 is 9.32 Å². The van der Waals surface area contributed by atoms with Crippen molar-refractivity contribution >= 4 is 28.3 Å². The van der Waals surface area contributed by atoms with Gasteiger partial charge in [0.15, 0.2) is 10.9 Å². The molecule has 0 aliphatic carbocycles. The van der Waals surface area contributed by atoms with Gasteiger partial charge in [0.1, 0.15) is 0 Å². The molecule has 3 heterocycles. The molecule has 0 bridgehead atoms. The molecule has 1 saturated heterocycles. The zero-order valence-electron chi connectivity index (χ0n) is 16.5. The lowest BCUT2D eigenvalue weighted by atomic mass is 9.99. The summed E-state index contributed by atoms with van der Waals surface area (Å²) in [6.45, 7) is 4.94. The number of aryl methyl sites for hydroxylation is 2. The summed E-state index contributed by atoms with van der Waals surface area (Å²) in [7, 11) is 0. The number of hydrogen-bond acceptors (Lipinski definition) is 5. The molecule has 2 aromatic heterocycles. The van der Waals surface area contributed by atoms with Crippen molar-refractivity contribution in [3.8, 4) is 0 Å². The van der Waals surface area contributed by atoms with Crippen LogP contribution >= 0.6 is 11.3 Å². The number of likely N-dealkylation sites (tertiary alicyclic amines) is 1. The number of rotatable bonds is 5. The second-order valence-electron chi connectivity index (χ2n) is 7.42. The summed E-state index contributed by atoms with van der Waals surface area (Å²) >= 11 is 1.31. The molecule has 0 radical (unpaired) electrons. The van der Waals surface area contributed by atoms with Gasteiger partial charge in [-0.3, -0.25) is 14.9 Å². The van der Waals surface area contributed by atoms with Gasteiger partial charge >= 0.3 is 0 Å². The van der Waals surface area contributed by atoms with E-state index in [-0.39, 0.29) is 30.0 Å². The minimum Gasteiger partial charge on any atom is -0.459 e. The Morgan fingerprint density at radius 3 is 2.79 bits per heavy atom. The van der Waals surface area contributed by atoms with Crippen LogP contribution in [0.1, 0.15) is 51.8 Å². The summed E-state index contributed by atoms with van der Waals surface area (Å²) in [6, 6.07) is 9.87. The second-order valence-corrected chi connectivity index (χ2v) is 8.28. The van der Waals surface area contributed by atoms with Gasteiger partial charge in [0.05, 0.1) is 24.4 Å². The molecule has 150 valence electrons. The molecular formula is C22H23N3O3S. The molecule has 1 atom stereocenters. The lowest BCUT2D eigenvalue weighted by Crippen LogP contribution is -2.32. The number of carbonyl (C=O) groups is 2. The van der Waals surface area contributed by atoms with Crippen LogP contribution in [0.5, 0.6) is 0 Å². The first-order valence-corrected chi connectivity index (χ1v) is 10.5. The van der Waals surface area contributed by atoms with Crippen molar-refractivity contribution in [3.63, 3.8) is 0 Å². The lowest BCUT2D eigenvalue weighted by Gasteiger charge is -2.25. The quantitative estimate of drug-likeness (QED) is 0.673. The molecule has 7 heteroatoms. The third-order valence-electron chi connectivity index (χ3n) is 5.05. The van der Waals surface area contributed by atoms with E-state index in [2.05, 4.69) is 42.3 Å². The Balaban J connectivity index is 1.42. The van der Waals surface area contributed by atoms with E-state index in [0.29, 0.717) is 10.8 Å². The number of thiazole rings is 1. The summed E-state index contributed by atoms with van der Waals surface area (Å²) in [6.07, 6.45) is 3.67. The standard InChI is InChI=1S/C22H23N3O3S/c1-14-9-15(2)11-16(10-14)18-5-3-7-25(18)20(26)12-17-13-29-22(23-17)24-21(27)19-6-4-8-28-19/h4,6,8-11,13,18H,3,5,7,12H2,1-2H3,(H,23,24,27). The highest BCUT2D eigenvalue weighted by Crippen LogP contribution is 2.33. The molecule has 1 aliphatic heterocycles. The summed E-state index contributed by atoms with van der Waals surface area (Å²) < 4.78 is 5.08. The SMILES string of the molecule is Cc1cc(C)cc(C2CCCN2C(=O)Cc2csc(NC(=O)c3ccco3)n2)c1. The van der Waals surface area contributed by atoms with Crippen molar-refractivity contribution in [3.05, 3.63) is 70.1 Å². The van der Waals surface area contributed by atoms with Crippen LogP contribution in [0.2, 0.25) is 0 Å². The average Bonchev–Trinajstić information content (AvgIpc) is 3.42. The number of carbonyl (C=O) groups excluding carboxylic acids is 2. The molecule has 29 heavy (non-hydrogen) atoms. The zero-order chi connectivity index (χ0) is 20.4. The first-order valence-electron chi connectivity index (χ1n) is 9.66. The van der Waals surface area contributed by atoms with E-state index in [0.717, 1.165) is 19.4 Å². The molecule has 3 aromatic rings. The molecule has 1 fully saturated rings. The Morgan fingerprint density at radius 2 is 2.07 bits per heavy atom. The predicted molar refractivity (Wildman–Crippen MR) is 112 cm³/mol. The van der Waals surface area contributed by atoms with E-state index >= 15 is 0 Å². The van der Waals surface area contributed by atoms with Crippen molar-refractivity contribution in [2.24, 2.45) is 0 Å². The molecule has 6 nitrogen and oxygen atoms in total. The highest BCUT2D eigenvalue weighted by atomic mass is 32.1. The number of nitrogens with zero attached hydrogens (tertiary/aromatic N) is 2. The van der Waals surface area contributed by atoms with Crippen LogP contribution in [0.4, 0.5) is 5.13 Å². The van der Waals surface area contributed by atoms with Gasteiger partial charge in [-0.2, -0.15) is 0 Å². The zero-order valence-corrected chi connectivity index (χ0v) is 17.3. The van der Waals surface area contributed by atoms with Crippen LogP contribution in [0, 0.1) is 13.8 Å². The van der Waals surface area contributed by atoms with Crippen LogP contribution < -0.4 is 5.32 Å². The number of aromatic nitrogens is 1. The van der Waals surface area contributed by atoms with E-state index in [1.165, 1.54) is 34.3 Å². The Bertz CT molecular complexity index is 1010. The molecule has 4 rings (SSSR count). The number of hydrogen-bond donors (Lipinski definition) is 1. The Kier molecular flexibility index (Phi) is 5.49. The smallest absolute Gasteiger partial charge is 0.293 e. The molecule has 1 unspecified atom stereocenters. The van der Waals surface area contributed by atoms with Crippen molar-refractivity contribution in [2.75, 3.05) is 11.9 Å². The van der Waals surface area contributed by atoms with Crippen LogP contribution in [-0.4, -0.2) is 28.2 Å². The maximum absolute atomic E-state index is 13.0. The Hall–Kier alpha value is -2.93. The topological polar surface area (TPSA) is 75.4 Å². The molecule has 1 aliphatic rings. The number of amides is 2. The van der Waals surface area contributed by atoms with Crippen molar-refractivity contribution in [1.29, 1.82) is 0 Å². The highest BCUT2D eigenvalue weighted by Gasteiger charge is 2.30. The third-order valence-corrected chi connectivity index (χ3v) is 5.86. The van der Waals surface area contributed by atoms with E-state index in [4.69, 9.17) is 4.42 Å². The van der Waals surface area contributed by atoms with Gasteiger partial charge in [-0.25, -0.2) is 4.98 Å². The second kappa shape index (κ2) is 8.21. The van der Waals surface area contributed by atoms with Gasteiger partial charge in [0, 0.05) is 11.9 Å². The van der Waals surface area contributed by atoms with Crippen molar-refractivity contribution < 1.29 is 14.0 Å². The molecule has 1 N–H and O–H groups in total. The van der Waals surface area contributed by atoms with Crippen molar-refractivity contribution in [2.45, 2.75) is 39.2 Å². The summed E-state index contributed by atoms with van der Waals surface area (Å²) in [5.41, 5.74) is 4.31. The van der Waals surface area contributed by atoms with Gasteiger partial charge in [-0.1, -0.05) is 29.3 Å². The minimum absolute atomic E-state index is 0.0703. The van der Waals surface area contributed by atoms with Crippen LogP contribution in [0.15, 0.2) is 46.4 Å². The summed E-state index contributed by atoms with van der Waals surface area (Å²) in [5.74, 6) is -0.0521. The predicted octanol–water partition coefficient (Wildman–Crippen LogP) is 4.51. The van der Waals surface area contributed by atoms with Gasteiger partial charge in [-0.15, -0.1) is 11.3 Å². The average molecular weight is 410 g/mol. The third kappa shape index (κ3) is 4.40. The molecule has 1 aromatic carbocycles. The number of benzene rings is 1. The van der Waals surface area contributed by atoms with Gasteiger partial charge in [0.2, 0.25) is 5.91 Å². The lowest BCUT2D eigenvalue weighted by molar-refractivity contribution is -0.131. The molecular weight excluding hydrogens is 386 g/mol. The number of furan rings is 1. The van der Waals surface area contributed by atoms with Crippen LogP contribution in [-0.2, 0) is 11.2 Å². The molecule has 0 spiro atoms. The fourth-order valence-corrected chi connectivity index (χ4v) is 4.59. The first kappa shape index (κ1) is 19.4. The summed E-state index contributed by atoms with van der Waals surface area (Å²) in [5, 5.41) is 4.98. The van der Waals surface area contributed by atoms with Gasteiger partial charge in [-0.05, 0) is 44.4 Å². The highest BCUT2D eigenvalue weighted by molar-refractivity contribution is 7.14. The monoisotopic (exact) mass is 409 g/mol. The van der Waals surface area contributed by atoms with Crippen LogP contribution in [0.25, 0.3) is 0 Å². The minimum atomic E-state index is -0.350. The van der Waals surface area contributed by atoms with E-state index in [1.807, 2.05) is 10.3 Å². The number of anilines is 1. The number of nitrogens with one attached hydrogen (secondary N) is 1. The van der Waals surface area contributed by atoms with Crippen molar-refractivity contribution in [1.82, 2.24) is 9.88 Å².